The number of carbonyl (C=O) groups is 2. The lowest BCUT2D eigenvalue weighted by atomic mass is 9.86. The van der Waals surface area contributed by atoms with Gasteiger partial charge in [-0.15, -0.1) is 0 Å². The number of carboxylic acid groups (broad SMARTS) is 2. The molecule has 0 spiro atoms. The fourth-order valence-electron chi connectivity index (χ4n) is 2.60. The van der Waals surface area contributed by atoms with Gasteiger partial charge in [0.05, 0.1) is 5.92 Å². The minimum atomic E-state index is -1.03. The van der Waals surface area contributed by atoms with Gasteiger partial charge < -0.3 is 10.2 Å². The molecule has 2 rings (SSSR count). The van der Waals surface area contributed by atoms with E-state index in [1.165, 1.54) is 0 Å². The Morgan fingerprint density at radius 3 is 2.21 bits per heavy atom. The van der Waals surface area contributed by atoms with Crippen LogP contribution in [0.25, 0.3) is 0 Å². The molecule has 0 aromatic heterocycles. The van der Waals surface area contributed by atoms with Crippen LogP contribution < -0.4 is 5.32 Å². The highest BCUT2D eigenvalue weighted by molar-refractivity contribution is 6.30. The Balaban J connectivity index is 2.35. The number of rotatable bonds is 3. The van der Waals surface area contributed by atoms with E-state index in [9.17, 15) is 14.7 Å². The zero-order chi connectivity index (χ0) is 14.2. The monoisotopic (exact) mass is 283 g/mol. The van der Waals surface area contributed by atoms with E-state index in [1.807, 2.05) is 0 Å². The molecule has 1 aromatic carbocycles. The van der Waals surface area contributed by atoms with Gasteiger partial charge in [0.15, 0.2) is 0 Å². The highest BCUT2D eigenvalue weighted by Gasteiger charge is 2.47. The van der Waals surface area contributed by atoms with Crippen molar-refractivity contribution < 1.29 is 19.8 Å². The third-order valence-electron chi connectivity index (χ3n) is 3.59. The molecule has 6 heteroatoms. The SMILES string of the molecule is C[C@H]1[C@@H](C(=O)O)[C@H](c2ccc(Cl)cc2)N[C@H]1C(=O)O. The quantitative estimate of drug-likeness (QED) is 0.787. The van der Waals surface area contributed by atoms with Gasteiger partial charge in [0, 0.05) is 11.1 Å². The van der Waals surface area contributed by atoms with Crippen LogP contribution in [-0.2, 0) is 9.59 Å². The normalized spacial score (nSPS) is 30.2. The number of nitrogens with one attached hydrogen (secondary N) is 1. The first-order valence-corrected chi connectivity index (χ1v) is 6.26. The smallest absolute Gasteiger partial charge is 0.321 e. The molecule has 0 amide bonds. The van der Waals surface area contributed by atoms with Gasteiger partial charge in [0.2, 0.25) is 0 Å². The molecule has 0 bridgehead atoms. The summed E-state index contributed by atoms with van der Waals surface area (Å²) in [6.45, 7) is 1.64. The minimum absolute atomic E-state index is 0.490. The standard InChI is InChI=1S/C13H14ClNO4/c1-6-9(12(16)17)11(15-10(6)13(18)19)7-2-4-8(14)5-3-7/h2-6,9-11,15H,1H3,(H,16,17)(H,18,19)/t6-,9+,10+,11-/m0/s1. The van der Waals surface area contributed by atoms with E-state index in [1.54, 1.807) is 31.2 Å². The molecule has 5 nitrogen and oxygen atoms in total. The molecule has 19 heavy (non-hydrogen) atoms. The second kappa shape index (κ2) is 5.19. The molecule has 0 aliphatic carbocycles. The van der Waals surface area contributed by atoms with Crippen LogP contribution in [0.2, 0.25) is 5.02 Å². The number of hydrogen-bond acceptors (Lipinski definition) is 3. The Kier molecular flexibility index (Phi) is 3.78. The zero-order valence-corrected chi connectivity index (χ0v) is 11.0. The number of benzene rings is 1. The van der Waals surface area contributed by atoms with Gasteiger partial charge in [0.25, 0.3) is 0 Å². The lowest BCUT2D eigenvalue weighted by molar-refractivity contribution is -0.144. The van der Waals surface area contributed by atoms with Crippen molar-refractivity contribution >= 4 is 23.5 Å². The van der Waals surface area contributed by atoms with E-state index >= 15 is 0 Å². The van der Waals surface area contributed by atoms with Crippen LogP contribution in [-0.4, -0.2) is 28.2 Å². The summed E-state index contributed by atoms with van der Waals surface area (Å²) in [6.07, 6.45) is 0. The fraction of sp³-hybridized carbons (Fsp3) is 0.385. The first-order valence-electron chi connectivity index (χ1n) is 5.89. The van der Waals surface area contributed by atoms with E-state index in [2.05, 4.69) is 5.32 Å². The molecule has 0 unspecified atom stereocenters. The molecular formula is C13H14ClNO4. The highest BCUT2D eigenvalue weighted by atomic mass is 35.5. The number of halogens is 1. The molecular weight excluding hydrogens is 270 g/mol. The Morgan fingerprint density at radius 1 is 1.16 bits per heavy atom. The van der Waals surface area contributed by atoms with Crippen molar-refractivity contribution in [3.8, 4) is 0 Å². The summed E-state index contributed by atoms with van der Waals surface area (Å²) in [5.41, 5.74) is 0.729. The maximum Gasteiger partial charge on any atom is 0.321 e. The van der Waals surface area contributed by atoms with Gasteiger partial charge in [0.1, 0.15) is 6.04 Å². The topological polar surface area (TPSA) is 86.6 Å². The van der Waals surface area contributed by atoms with Gasteiger partial charge in [-0.3, -0.25) is 14.9 Å². The summed E-state index contributed by atoms with van der Waals surface area (Å²) >= 11 is 5.79. The zero-order valence-electron chi connectivity index (χ0n) is 10.2. The minimum Gasteiger partial charge on any atom is -0.481 e. The average Bonchev–Trinajstić information content (AvgIpc) is 2.68. The average molecular weight is 284 g/mol. The first kappa shape index (κ1) is 13.8. The Morgan fingerprint density at radius 2 is 1.74 bits per heavy atom. The lowest BCUT2D eigenvalue weighted by Crippen LogP contribution is -2.35. The van der Waals surface area contributed by atoms with Crippen molar-refractivity contribution in [3.63, 3.8) is 0 Å². The van der Waals surface area contributed by atoms with Crippen LogP contribution in [0.5, 0.6) is 0 Å². The third-order valence-corrected chi connectivity index (χ3v) is 3.84. The molecule has 4 atom stereocenters. The molecule has 1 aromatic rings. The third kappa shape index (κ3) is 2.57. The van der Waals surface area contributed by atoms with Gasteiger partial charge >= 0.3 is 11.9 Å². The van der Waals surface area contributed by atoms with Gasteiger partial charge in [-0.1, -0.05) is 30.7 Å². The molecule has 0 saturated carbocycles. The molecule has 1 fully saturated rings. The summed E-state index contributed by atoms with van der Waals surface area (Å²) in [5, 5.41) is 21.9. The number of hydrogen-bond donors (Lipinski definition) is 3. The summed E-state index contributed by atoms with van der Waals surface area (Å²) in [6, 6.07) is 5.37. The molecule has 0 radical (unpaired) electrons. The summed E-state index contributed by atoms with van der Waals surface area (Å²) in [7, 11) is 0. The van der Waals surface area contributed by atoms with Crippen molar-refractivity contribution in [1.82, 2.24) is 5.32 Å². The van der Waals surface area contributed by atoms with Crippen molar-refractivity contribution in [3.05, 3.63) is 34.9 Å². The van der Waals surface area contributed by atoms with Crippen molar-refractivity contribution in [2.75, 3.05) is 0 Å². The Labute approximate surface area is 115 Å². The van der Waals surface area contributed by atoms with Crippen LogP contribution in [0.1, 0.15) is 18.5 Å². The van der Waals surface area contributed by atoms with Crippen LogP contribution in [0.3, 0.4) is 0 Å². The predicted octanol–water partition coefficient (Wildman–Crippen LogP) is 1.77. The number of carboxylic acids is 2. The Bertz CT molecular complexity index is 502. The van der Waals surface area contributed by atoms with Crippen molar-refractivity contribution in [2.24, 2.45) is 11.8 Å². The summed E-state index contributed by atoms with van der Waals surface area (Å²) in [5.74, 6) is -3.29. The molecule has 1 saturated heterocycles. The molecule has 102 valence electrons. The van der Waals surface area contributed by atoms with E-state index in [4.69, 9.17) is 16.7 Å². The van der Waals surface area contributed by atoms with Crippen molar-refractivity contribution in [2.45, 2.75) is 19.0 Å². The van der Waals surface area contributed by atoms with Crippen molar-refractivity contribution in [1.29, 1.82) is 0 Å². The van der Waals surface area contributed by atoms with Crippen LogP contribution in [0.15, 0.2) is 24.3 Å². The van der Waals surface area contributed by atoms with E-state index in [0.717, 1.165) is 5.56 Å². The van der Waals surface area contributed by atoms with E-state index in [0.29, 0.717) is 5.02 Å². The van der Waals surface area contributed by atoms with E-state index in [-0.39, 0.29) is 0 Å². The second-order valence-corrected chi connectivity index (χ2v) is 5.17. The van der Waals surface area contributed by atoms with Gasteiger partial charge in [-0.25, -0.2) is 0 Å². The van der Waals surface area contributed by atoms with Gasteiger partial charge in [-0.05, 0) is 23.6 Å². The second-order valence-electron chi connectivity index (χ2n) is 4.73. The lowest BCUT2D eigenvalue weighted by Gasteiger charge is -2.18. The van der Waals surface area contributed by atoms with Crippen LogP contribution in [0.4, 0.5) is 0 Å². The summed E-state index contributed by atoms with van der Waals surface area (Å²) < 4.78 is 0. The van der Waals surface area contributed by atoms with Crippen LogP contribution in [0, 0.1) is 11.8 Å². The van der Waals surface area contributed by atoms with Gasteiger partial charge in [-0.2, -0.15) is 0 Å². The Hall–Kier alpha value is -1.59. The maximum atomic E-state index is 11.4. The highest BCUT2D eigenvalue weighted by Crippen LogP contribution is 2.37. The number of aliphatic carboxylic acids is 2. The molecule has 1 aliphatic rings. The summed E-state index contributed by atoms with van der Waals surface area (Å²) in [4.78, 5) is 22.5. The molecule has 3 N–H and O–H groups in total. The molecule has 1 heterocycles. The molecule has 1 aliphatic heterocycles. The first-order chi connectivity index (χ1) is 8.91. The van der Waals surface area contributed by atoms with Crippen LogP contribution >= 0.6 is 11.6 Å². The fourth-order valence-corrected chi connectivity index (χ4v) is 2.72. The maximum absolute atomic E-state index is 11.4. The van der Waals surface area contributed by atoms with E-state index < -0.39 is 35.9 Å². The predicted molar refractivity (Wildman–Crippen MR) is 69.0 cm³/mol. The largest absolute Gasteiger partial charge is 0.481 e.